The lowest BCUT2D eigenvalue weighted by Gasteiger charge is -2.18. The second-order valence-electron chi connectivity index (χ2n) is 11.0. The number of hydrogen-bond donors (Lipinski definition) is 0. The van der Waals surface area contributed by atoms with Crippen LogP contribution in [-0.2, 0) is 0 Å². The van der Waals surface area contributed by atoms with E-state index in [9.17, 15) is 2.74 Å². The van der Waals surface area contributed by atoms with E-state index < -0.39 is 42.3 Å². The molecule has 9 aromatic rings. The largest absolute Gasteiger partial charge is 0.456 e. The molecule has 0 bridgehead atoms. The fraction of sp³-hybridized carbons (Fsp3) is 0. The summed E-state index contributed by atoms with van der Waals surface area (Å²) in [6.07, 6.45) is 0. The van der Waals surface area contributed by atoms with Gasteiger partial charge in [-0.1, -0.05) is 151 Å². The Morgan fingerprint density at radius 1 is 0.378 bits per heavy atom. The lowest BCUT2D eigenvalue weighted by atomic mass is 9.85. The summed E-state index contributed by atoms with van der Waals surface area (Å²) in [6, 6.07) is 33.2. The number of furan rings is 1. The van der Waals surface area contributed by atoms with Gasteiger partial charge in [-0.05, 0) is 84.3 Å². The zero-order chi connectivity index (χ0) is 37.6. The molecule has 0 saturated heterocycles. The molecular formula is C44H28O. The molecule has 0 aliphatic rings. The normalized spacial score (nSPS) is 14.4. The van der Waals surface area contributed by atoms with Crippen LogP contribution < -0.4 is 0 Å². The molecule has 0 unspecified atom stereocenters. The predicted molar refractivity (Wildman–Crippen MR) is 190 cm³/mol. The van der Waals surface area contributed by atoms with Crippen LogP contribution in [0, 0.1) is 0 Å². The third-order valence-corrected chi connectivity index (χ3v) is 8.49. The Kier molecular flexibility index (Phi) is 4.15. The second kappa shape index (κ2) is 10.4. The van der Waals surface area contributed by atoms with Gasteiger partial charge in [0.05, 0.1) is 12.3 Å². The van der Waals surface area contributed by atoms with E-state index in [0.717, 1.165) is 33.0 Å². The number of benzene rings is 8. The Morgan fingerprint density at radius 3 is 1.73 bits per heavy atom. The zero-order valence-electron chi connectivity index (χ0n) is 32.9. The molecule has 0 radical (unpaired) electrons. The molecule has 45 heavy (non-hydrogen) atoms. The molecule has 1 heterocycles. The summed E-state index contributed by atoms with van der Waals surface area (Å²) in [6.45, 7) is 0. The van der Waals surface area contributed by atoms with Crippen molar-refractivity contribution in [1.29, 1.82) is 0 Å². The van der Waals surface area contributed by atoms with Gasteiger partial charge in [0, 0.05) is 10.8 Å². The molecule has 0 saturated carbocycles. The Bertz CT molecular complexity index is 3000. The highest BCUT2D eigenvalue weighted by Gasteiger charge is 2.20. The summed E-state index contributed by atoms with van der Waals surface area (Å²) in [5, 5.41) is 2.88. The van der Waals surface area contributed by atoms with Crippen molar-refractivity contribution in [3.63, 3.8) is 0 Å². The minimum atomic E-state index is -0.550. The summed E-state index contributed by atoms with van der Waals surface area (Å²) in [7, 11) is 0. The molecule has 210 valence electrons. The number of fused-ring (bicyclic) bond motifs is 5. The quantitative estimate of drug-likeness (QED) is 0.188. The van der Waals surface area contributed by atoms with Gasteiger partial charge in [-0.3, -0.25) is 0 Å². The molecule has 0 amide bonds. The summed E-state index contributed by atoms with van der Waals surface area (Å²) < 4.78 is 85.4. The van der Waals surface area contributed by atoms with Crippen LogP contribution in [-0.4, -0.2) is 0 Å². The molecule has 1 aromatic heterocycles. The molecule has 0 aliphatic heterocycles. The van der Waals surface area contributed by atoms with E-state index in [-0.39, 0.29) is 34.0 Å². The highest BCUT2D eigenvalue weighted by atomic mass is 16.3. The molecule has 0 N–H and O–H groups in total. The number of rotatable bonds is 4. The molecule has 1 heteroatoms. The van der Waals surface area contributed by atoms with Crippen molar-refractivity contribution in [2.75, 3.05) is 0 Å². The average molecular weight is 582 g/mol. The van der Waals surface area contributed by atoms with Crippen molar-refractivity contribution in [3.05, 3.63) is 170 Å². The van der Waals surface area contributed by atoms with Crippen molar-refractivity contribution in [2.45, 2.75) is 0 Å². The SMILES string of the molecule is [2H]c1c([2H])c([2H])c(-c2c3ccccc3c(-c3cccc4oc5ccc(-c6ccc(-c7ccccc7)cc6)cc5c34)c3c([2H])c([2H])c([2H])c([2H])c23)c([2H])c1[2H]. The average Bonchev–Trinajstić information content (AvgIpc) is 3.59. The third kappa shape index (κ3) is 4.17. The van der Waals surface area contributed by atoms with Crippen LogP contribution in [0.1, 0.15) is 12.3 Å². The maximum Gasteiger partial charge on any atom is 0.136 e. The highest BCUT2D eigenvalue weighted by Crippen LogP contribution is 2.47. The Labute approximate surface area is 274 Å². The molecule has 0 atom stereocenters. The molecule has 0 fully saturated rings. The Morgan fingerprint density at radius 2 is 0.978 bits per heavy atom. The van der Waals surface area contributed by atoms with E-state index in [4.69, 9.17) is 14.0 Å². The van der Waals surface area contributed by atoms with Crippen LogP contribution in [0.4, 0.5) is 0 Å². The van der Waals surface area contributed by atoms with Crippen molar-refractivity contribution in [1.82, 2.24) is 0 Å². The van der Waals surface area contributed by atoms with Gasteiger partial charge in [-0.25, -0.2) is 0 Å². The maximum absolute atomic E-state index is 9.32. The van der Waals surface area contributed by atoms with Crippen molar-refractivity contribution in [2.24, 2.45) is 0 Å². The molecule has 0 aliphatic carbocycles. The molecule has 1 nitrogen and oxygen atoms in total. The van der Waals surface area contributed by atoms with Gasteiger partial charge in [0.1, 0.15) is 11.2 Å². The van der Waals surface area contributed by atoms with Gasteiger partial charge >= 0.3 is 0 Å². The molecule has 8 aromatic carbocycles. The first-order chi connectivity index (χ1) is 26.1. The zero-order valence-corrected chi connectivity index (χ0v) is 23.9. The van der Waals surface area contributed by atoms with Crippen LogP contribution in [0.2, 0.25) is 0 Å². The molecule has 9 rings (SSSR count). The minimum Gasteiger partial charge on any atom is -0.456 e. The second-order valence-corrected chi connectivity index (χ2v) is 11.0. The van der Waals surface area contributed by atoms with Crippen molar-refractivity contribution < 1.29 is 16.8 Å². The standard InChI is InChI=1S/C44H28O/c1-3-12-29(13-4-1)30-22-24-31(25-23-30)33-26-27-40-39(28-33)44-38(20-11-21-41(44)45-40)43-36-18-9-7-16-34(36)42(32-14-5-2-6-15-32)35-17-8-10-19-37(35)43/h1-28H/i2D,5D,6D,7D,9D,14D,15D,16D,18D. The maximum atomic E-state index is 9.32. The third-order valence-electron chi connectivity index (χ3n) is 8.49. The fourth-order valence-corrected chi connectivity index (χ4v) is 6.49. The van der Waals surface area contributed by atoms with E-state index in [1.54, 1.807) is 12.1 Å². The first-order valence-electron chi connectivity index (χ1n) is 19.2. The first-order valence-corrected chi connectivity index (χ1v) is 14.7. The van der Waals surface area contributed by atoms with Crippen LogP contribution in [0.25, 0.3) is 88.0 Å². The monoisotopic (exact) mass is 581 g/mol. The lowest BCUT2D eigenvalue weighted by molar-refractivity contribution is 0.669. The summed E-state index contributed by atoms with van der Waals surface area (Å²) in [5.41, 5.74) is 6.65. The van der Waals surface area contributed by atoms with E-state index >= 15 is 0 Å². The summed E-state index contributed by atoms with van der Waals surface area (Å²) in [4.78, 5) is 0. The smallest absolute Gasteiger partial charge is 0.136 e. The van der Waals surface area contributed by atoms with E-state index in [0.29, 0.717) is 33.1 Å². The van der Waals surface area contributed by atoms with Crippen molar-refractivity contribution in [3.8, 4) is 44.5 Å². The van der Waals surface area contributed by atoms with Gasteiger partial charge in [-0.2, -0.15) is 0 Å². The molecular weight excluding hydrogens is 544 g/mol. The van der Waals surface area contributed by atoms with Gasteiger partial charge in [-0.15, -0.1) is 0 Å². The molecule has 0 spiro atoms. The van der Waals surface area contributed by atoms with Gasteiger partial charge in [0.25, 0.3) is 0 Å². The fourth-order valence-electron chi connectivity index (χ4n) is 6.49. The highest BCUT2D eigenvalue weighted by molar-refractivity contribution is 6.25. The van der Waals surface area contributed by atoms with Crippen LogP contribution in [0.3, 0.4) is 0 Å². The van der Waals surface area contributed by atoms with E-state index in [1.165, 1.54) is 0 Å². The minimum absolute atomic E-state index is 0.0669. The number of hydrogen-bond acceptors (Lipinski definition) is 1. The van der Waals surface area contributed by atoms with E-state index in [2.05, 4.69) is 42.5 Å². The van der Waals surface area contributed by atoms with Crippen LogP contribution in [0.5, 0.6) is 0 Å². The van der Waals surface area contributed by atoms with Gasteiger partial charge in [0.2, 0.25) is 0 Å². The lowest BCUT2D eigenvalue weighted by Crippen LogP contribution is -1.91. The first kappa shape index (κ1) is 18.0. The van der Waals surface area contributed by atoms with Gasteiger partial charge in [0.15, 0.2) is 0 Å². The predicted octanol–water partition coefficient (Wildman–Crippen LogP) is 12.6. The van der Waals surface area contributed by atoms with E-state index in [1.807, 2.05) is 60.7 Å². The summed E-state index contributed by atoms with van der Waals surface area (Å²) >= 11 is 0. The topological polar surface area (TPSA) is 13.1 Å². The van der Waals surface area contributed by atoms with Crippen molar-refractivity contribution >= 4 is 43.5 Å². The van der Waals surface area contributed by atoms with Crippen LogP contribution in [0.15, 0.2) is 174 Å². The van der Waals surface area contributed by atoms with Crippen LogP contribution >= 0.6 is 0 Å². The summed E-state index contributed by atoms with van der Waals surface area (Å²) in [5.74, 6) is 0. The Hall–Kier alpha value is -5.92. The van der Waals surface area contributed by atoms with Gasteiger partial charge < -0.3 is 4.42 Å². The Balaban J connectivity index is 1.38.